The van der Waals surface area contributed by atoms with Crippen LogP contribution in [0.4, 0.5) is 13.2 Å². The van der Waals surface area contributed by atoms with Crippen LogP contribution in [0, 0.1) is 0 Å². The van der Waals surface area contributed by atoms with E-state index in [9.17, 15) is 13.2 Å². The minimum absolute atomic E-state index is 0.00276. The van der Waals surface area contributed by atoms with Crippen molar-refractivity contribution in [3.63, 3.8) is 0 Å². The molecule has 0 bridgehead atoms. The summed E-state index contributed by atoms with van der Waals surface area (Å²) in [5, 5.41) is 0. The van der Waals surface area contributed by atoms with Crippen LogP contribution in [-0.2, 0) is 6.54 Å². The Hall–Kier alpha value is -2.76. The second-order valence-corrected chi connectivity index (χ2v) is 4.64. The first-order chi connectivity index (χ1) is 10.9. The molecule has 2 N–H and O–H groups in total. The van der Waals surface area contributed by atoms with E-state index in [1.165, 1.54) is 18.2 Å². The highest BCUT2D eigenvalue weighted by atomic mass is 19.4. The van der Waals surface area contributed by atoms with Gasteiger partial charge in [0.1, 0.15) is 11.6 Å². The fourth-order valence-electron chi connectivity index (χ4n) is 1.83. The van der Waals surface area contributed by atoms with Gasteiger partial charge in [-0.1, -0.05) is 54.6 Å². The van der Waals surface area contributed by atoms with Crippen molar-refractivity contribution in [1.29, 1.82) is 0 Å². The molecule has 0 aliphatic rings. The lowest BCUT2D eigenvalue weighted by Gasteiger charge is -2.11. The molecular formula is C17H15F3N2O. The highest BCUT2D eigenvalue weighted by Gasteiger charge is 2.31. The van der Waals surface area contributed by atoms with Gasteiger partial charge in [-0.05, 0) is 17.7 Å². The second-order valence-electron chi connectivity index (χ2n) is 4.64. The van der Waals surface area contributed by atoms with Crippen molar-refractivity contribution in [2.45, 2.75) is 12.9 Å². The Morgan fingerprint density at radius 1 is 1.04 bits per heavy atom. The van der Waals surface area contributed by atoms with Crippen molar-refractivity contribution in [2.24, 2.45) is 10.7 Å². The van der Waals surface area contributed by atoms with Crippen molar-refractivity contribution >= 4 is 11.9 Å². The average Bonchev–Trinajstić information content (AvgIpc) is 2.51. The SMILES string of the molecule is NC(C=Cc1ccccc1)=NCc1ccccc1OC(F)(F)F. The number of halogens is 3. The van der Waals surface area contributed by atoms with Crippen LogP contribution in [0.5, 0.6) is 5.75 Å². The number of alkyl halides is 3. The highest BCUT2D eigenvalue weighted by molar-refractivity contribution is 5.95. The summed E-state index contributed by atoms with van der Waals surface area (Å²) in [6.07, 6.45) is -1.36. The van der Waals surface area contributed by atoms with Crippen LogP contribution < -0.4 is 10.5 Å². The molecule has 23 heavy (non-hydrogen) atoms. The second kappa shape index (κ2) is 7.49. The normalized spacial score (nSPS) is 12.6. The van der Waals surface area contributed by atoms with Crippen molar-refractivity contribution in [3.8, 4) is 5.75 Å². The van der Waals surface area contributed by atoms with Gasteiger partial charge < -0.3 is 10.5 Å². The summed E-state index contributed by atoms with van der Waals surface area (Å²) in [7, 11) is 0. The largest absolute Gasteiger partial charge is 0.573 e. The first-order valence-electron chi connectivity index (χ1n) is 6.81. The Balaban J connectivity index is 2.06. The van der Waals surface area contributed by atoms with Gasteiger partial charge in [-0.15, -0.1) is 13.2 Å². The van der Waals surface area contributed by atoms with E-state index in [2.05, 4.69) is 9.73 Å². The summed E-state index contributed by atoms with van der Waals surface area (Å²) in [5.41, 5.74) is 7.00. The molecule has 0 fully saturated rings. The number of amidine groups is 1. The predicted molar refractivity (Wildman–Crippen MR) is 83.9 cm³/mol. The molecule has 0 spiro atoms. The molecule has 0 heterocycles. The molecule has 0 saturated heterocycles. The topological polar surface area (TPSA) is 47.6 Å². The molecule has 3 nitrogen and oxygen atoms in total. The summed E-state index contributed by atoms with van der Waals surface area (Å²) in [6.45, 7) is -0.00276. The van der Waals surface area contributed by atoms with Gasteiger partial charge in [0.05, 0.1) is 6.54 Å². The smallest absolute Gasteiger partial charge is 0.405 e. The van der Waals surface area contributed by atoms with Gasteiger partial charge in [0.25, 0.3) is 0 Å². The lowest BCUT2D eigenvalue weighted by Crippen LogP contribution is -2.18. The molecule has 2 rings (SSSR count). The van der Waals surface area contributed by atoms with Crippen LogP contribution in [0.25, 0.3) is 6.08 Å². The Morgan fingerprint density at radius 2 is 1.70 bits per heavy atom. The average molecular weight is 320 g/mol. The molecule has 0 unspecified atom stereocenters. The number of nitrogens with zero attached hydrogens (tertiary/aromatic N) is 1. The maximum Gasteiger partial charge on any atom is 0.573 e. The van der Waals surface area contributed by atoms with Crippen LogP contribution in [0.2, 0.25) is 0 Å². The fourth-order valence-corrected chi connectivity index (χ4v) is 1.83. The number of ether oxygens (including phenoxy) is 1. The van der Waals surface area contributed by atoms with E-state index >= 15 is 0 Å². The Morgan fingerprint density at radius 3 is 2.39 bits per heavy atom. The highest BCUT2D eigenvalue weighted by Crippen LogP contribution is 2.26. The van der Waals surface area contributed by atoms with E-state index in [1.807, 2.05) is 30.3 Å². The quantitative estimate of drug-likeness (QED) is 0.664. The lowest BCUT2D eigenvalue weighted by molar-refractivity contribution is -0.274. The minimum Gasteiger partial charge on any atom is -0.405 e. The third-order valence-corrected chi connectivity index (χ3v) is 2.88. The summed E-state index contributed by atoms with van der Waals surface area (Å²) in [5.74, 6) is -0.0562. The lowest BCUT2D eigenvalue weighted by atomic mass is 10.2. The van der Waals surface area contributed by atoms with Gasteiger partial charge in [-0.3, -0.25) is 4.99 Å². The van der Waals surface area contributed by atoms with E-state index in [0.717, 1.165) is 5.56 Å². The van der Waals surface area contributed by atoms with Crippen LogP contribution in [0.3, 0.4) is 0 Å². The fraction of sp³-hybridized carbons (Fsp3) is 0.118. The molecular weight excluding hydrogens is 305 g/mol. The summed E-state index contributed by atoms with van der Waals surface area (Å²) in [4.78, 5) is 4.06. The summed E-state index contributed by atoms with van der Waals surface area (Å²) < 4.78 is 41.0. The number of nitrogens with two attached hydrogens (primary N) is 1. The number of aliphatic imine (C=N–C) groups is 1. The first-order valence-corrected chi connectivity index (χ1v) is 6.81. The van der Waals surface area contributed by atoms with Crippen molar-refractivity contribution in [2.75, 3.05) is 0 Å². The number of benzene rings is 2. The first kappa shape index (κ1) is 16.6. The van der Waals surface area contributed by atoms with Gasteiger partial charge in [0, 0.05) is 5.56 Å². The van der Waals surface area contributed by atoms with Crippen molar-refractivity contribution in [1.82, 2.24) is 0 Å². The van der Waals surface area contributed by atoms with Crippen LogP contribution >= 0.6 is 0 Å². The Bertz CT molecular complexity index is 694. The van der Waals surface area contributed by atoms with E-state index in [4.69, 9.17) is 5.73 Å². The van der Waals surface area contributed by atoms with Crippen LogP contribution in [0.1, 0.15) is 11.1 Å². The monoisotopic (exact) mass is 320 g/mol. The maximum absolute atomic E-state index is 12.3. The van der Waals surface area contributed by atoms with Crippen molar-refractivity contribution in [3.05, 3.63) is 71.8 Å². The number of hydrogen-bond acceptors (Lipinski definition) is 2. The Kier molecular flexibility index (Phi) is 5.41. The minimum atomic E-state index is -4.74. The molecule has 0 aliphatic carbocycles. The third-order valence-electron chi connectivity index (χ3n) is 2.88. The van der Waals surface area contributed by atoms with E-state index in [-0.39, 0.29) is 18.1 Å². The molecule has 0 aliphatic heterocycles. The van der Waals surface area contributed by atoms with Gasteiger partial charge in [-0.25, -0.2) is 0 Å². The van der Waals surface area contributed by atoms with E-state index < -0.39 is 6.36 Å². The number of hydrogen-bond donors (Lipinski definition) is 1. The zero-order valence-electron chi connectivity index (χ0n) is 12.1. The summed E-state index contributed by atoms with van der Waals surface area (Å²) in [6, 6.07) is 15.3. The molecule has 120 valence electrons. The molecule has 6 heteroatoms. The van der Waals surface area contributed by atoms with Crippen LogP contribution in [-0.4, -0.2) is 12.2 Å². The molecule has 2 aromatic carbocycles. The maximum atomic E-state index is 12.3. The molecule has 0 amide bonds. The number of rotatable bonds is 5. The van der Waals surface area contributed by atoms with Gasteiger partial charge in [-0.2, -0.15) is 0 Å². The van der Waals surface area contributed by atoms with Gasteiger partial charge in [0.2, 0.25) is 0 Å². The van der Waals surface area contributed by atoms with Crippen molar-refractivity contribution < 1.29 is 17.9 Å². The zero-order valence-corrected chi connectivity index (χ0v) is 12.1. The Labute approximate surface area is 131 Å². The molecule has 0 saturated carbocycles. The summed E-state index contributed by atoms with van der Waals surface area (Å²) >= 11 is 0. The van der Waals surface area contributed by atoms with E-state index in [0.29, 0.717) is 5.56 Å². The predicted octanol–water partition coefficient (Wildman–Crippen LogP) is 4.16. The third kappa shape index (κ3) is 5.86. The van der Waals surface area contributed by atoms with Crippen LogP contribution in [0.15, 0.2) is 65.7 Å². The zero-order chi connectivity index (χ0) is 16.7. The van der Waals surface area contributed by atoms with Gasteiger partial charge in [0.15, 0.2) is 0 Å². The van der Waals surface area contributed by atoms with E-state index in [1.54, 1.807) is 18.2 Å². The number of para-hydroxylation sites is 1. The molecule has 0 aromatic heterocycles. The molecule has 2 aromatic rings. The standard InChI is InChI=1S/C17H15F3N2O/c18-17(19,20)23-15-9-5-4-8-14(15)12-22-16(21)11-10-13-6-2-1-3-7-13/h1-11H,12H2,(H2,21,22). The van der Waals surface area contributed by atoms with Gasteiger partial charge >= 0.3 is 6.36 Å². The molecule has 0 radical (unpaired) electrons. The molecule has 0 atom stereocenters.